The topological polar surface area (TPSA) is 24.9 Å². The first kappa shape index (κ1) is 11.2. The van der Waals surface area contributed by atoms with Crippen molar-refractivity contribution in [2.75, 3.05) is 13.1 Å². The molecule has 1 fully saturated rings. The summed E-state index contributed by atoms with van der Waals surface area (Å²) in [6, 6.07) is 2.04. The first-order valence-electron chi connectivity index (χ1n) is 6.36. The van der Waals surface area contributed by atoms with Gasteiger partial charge in [0, 0.05) is 18.9 Å². The minimum absolute atomic E-state index is 0.651. The van der Waals surface area contributed by atoms with Gasteiger partial charge in [-0.15, -0.1) is 0 Å². The third-order valence-corrected chi connectivity index (χ3v) is 4.17. The zero-order valence-electron chi connectivity index (χ0n) is 9.82. The second-order valence-electron chi connectivity index (χ2n) is 4.99. The molecule has 2 heterocycles. The van der Waals surface area contributed by atoms with E-state index in [1.54, 1.807) is 6.20 Å². The Morgan fingerprint density at radius 1 is 1.29 bits per heavy atom. The fourth-order valence-electron chi connectivity index (χ4n) is 3.13. The number of rotatable bonds is 1. The van der Waals surface area contributed by atoms with Crippen LogP contribution < -0.4 is 5.32 Å². The van der Waals surface area contributed by atoms with E-state index in [-0.39, 0.29) is 0 Å². The quantitative estimate of drug-likeness (QED) is 0.826. The van der Waals surface area contributed by atoms with Crippen LogP contribution in [-0.4, -0.2) is 18.1 Å². The number of aromatic nitrogens is 1. The molecule has 0 amide bonds. The maximum Gasteiger partial charge on any atom is 0.0595 e. The van der Waals surface area contributed by atoms with Gasteiger partial charge in [-0.05, 0) is 54.8 Å². The molecular weight excluding hydrogens is 232 g/mol. The number of halogens is 1. The summed E-state index contributed by atoms with van der Waals surface area (Å²) < 4.78 is 0. The molecule has 17 heavy (non-hydrogen) atoms. The second kappa shape index (κ2) is 4.79. The molecular formula is C14H17ClN2. The average Bonchev–Trinajstić information content (AvgIpc) is 2.38. The first-order valence-corrected chi connectivity index (χ1v) is 6.74. The molecule has 0 radical (unpaired) electrons. The summed E-state index contributed by atoms with van der Waals surface area (Å²) >= 11 is 6.03. The molecule has 1 aliphatic heterocycles. The predicted octanol–water partition coefficient (Wildman–Crippen LogP) is 3.14. The normalized spacial score (nSPS) is 28.4. The molecule has 3 heteroatoms. The van der Waals surface area contributed by atoms with Gasteiger partial charge in [0.05, 0.1) is 5.02 Å². The third-order valence-electron chi connectivity index (χ3n) is 3.96. The summed E-state index contributed by atoms with van der Waals surface area (Å²) in [5, 5.41) is 4.23. The standard InChI is InChI=1S/C14H17ClN2/c15-12-6-11(7-17-8-12)13-3-1-2-10-4-5-16-9-14(10)13/h3,6-8,10,14,16H,1-2,4-5,9H2. The number of allylic oxidation sites excluding steroid dienone is 1. The highest BCUT2D eigenvalue weighted by molar-refractivity contribution is 6.30. The summed E-state index contributed by atoms with van der Waals surface area (Å²) in [5.41, 5.74) is 2.65. The van der Waals surface area contributed by atoms with Crippen molar-refractivity contribution in [1.29, 1.82) is 0 Å². The average molecular weight is 249 g/mol. The van der Waals surface area contributed by atoms with Crippen LogP contribution in [0.5, 0.6) is 0 Å². The summed E-state index contributed by atoms with van der Waals surface area (Å²) in [6.07, 6.45) is 9.85. The van der Waals surface area contributed by atoms with Gasteiger partial charge in [-0.3, -0.25) is 4.98 Å². The number of hydrogen-bond donors (Lipinski definition) is 1. The zero-order chi connectivity index (χ0) is 11.7. The summed E-state index contributed by atoms with van der Waals surface area (Å²) in [4.78, 5) is 4.20. The largest absolute Gasteiger partial charge is 0.316 e. The molecule has 2 atom stereocenters. The van der Waals surface area contributed by atoms with Crippen LogP contribution in [-0.2, 0) is 0 Å². The van der Waals surface area contributed by atoms with E-state index in [1.807, 2.05) is 12.3 Å². The molecule has 1 aromatic heterocycles. The van der Waals surface area contributed by atoms with Crippen LogP contribution in [0.15, 0.2) is 24.5 Å². The molecule has 1 aromatic rings. The summed E-state index contributed by atoms with van der Waals surface area (Å²) in [5.74, 6) is 1.49. The van der Waals surface area contributed by atoms with Crippen molar-refractivity contribution >= 4 is 17.2 Å². The Kier molecular flexibility index (Phi) is 3.17. The van der Waals surface area contributed by atoms with Crippen LogP contribution >= 0.6 is 11.6 Å². The van der Waals surface area contributed by atoms with E-state index >= 15 is 0 Å². The fourth-order valence-corrected chi connectivity index (χ4v) is 3.30. The number of nitrogens with zero attached hydrogens (tertiary/aromatic N) is 1. The van der Waals surface area contributed by atoms with Crippen LogP contribution in [0.25, 0.3) is 5.57 Å². The fraction of sp³-hybridized carbons (Fsp3) is 0.500. The molecule has 2 unspecified atom stereocenters. The molecule has 2 aliphatic rings. The van der Waals surface area contributed by atoms with Crippen molar-refractivity contribution < 1.29 is 0 Å². The Hall–Kier alpha value is -0.860. The molecule has 3 rings (SSSR count). The van der Waals surface area contributed by atoms with E-state index in [9.17, 15) is 0 Å². The number of nitrogens with one attached hydrogen (secondary N) is 1. The number of fused-ring (bicyclic) bond motifs is 1. The van der Waals surface area contributed by atoms with Gasteiger partial charge < -0.3 is 5.32 Å². The molecule has 1 N–H and O–H groups in total. The monoisotopic (exact) mass is 248 g/mol. The van der Waals surface area contributed by atoms with Gasteiger partial charge in [-0.2, -0.15) is 0 Å². The van der Waals surface area contributed by atoms with E-state index < -0.39 is 0 Å². The van der Waals surface area contributed by atoms with Gasteiger partial charge in [0.25, 0.3) is 0 Å². The Morgan fingerprint density at radius 2 is 2.24 bits per heavy atom. The highest BCUT2D eigenvalue weighted by Crippen LogP contribution is 2.39. The van der Waals surface area contributed by atoms with Crippen LogP contribution in [0, 0.1) is 11.8 Å². The minimum Gasteiger partial charge on any atom is -0.316 e. The minimum atomic E-state index is 0.651. The summed E-state index contributed by atoms with van der Waals surface area (Å²) in [7, 11) is 0. The smallest absolute Gasteiger partial charge is 0.0595 e. The number of piperidine rings is 1. The lowest BCUT2D eigenvalue weighted by Crippen LogP contribution is -2.38. The summed E-state index contributed by atoms with van der Waals surface area (Å²) in [6.45, 7) is 2.27. The van der Waals surface area contributed by atoms with Gasteiger partial charge in [0.1, 0.15) is 0 Å². The van der Waals surface area contributed by atoms with Crippen LogP contribution in [0.3, 0.4) is 0 Å². The maximum absolute atomic E-state index is 6.03. The Morgan fingerprint density at radius 3 is 3.12 bits per heavy atom. The number of pyridine rings is 1. The van der Waals surface area contributed by atoms with Crippen LogP contribution in [0.1, 0.15) is 24.8 Å². The van der Waals surface area contributed by atoms with Gasteiger partial charge in [-0.1, -0.05) is 17.7 Å². The van der Waals surface area contributed by atoms with Crippen molar-refractivity contribution in [3.63, 3.8) is 0 Å². The SMILES string of the molecule is Clc1cncc(C2=CCCC3CCNCC23)c1. The van der Waals surface area contributed by atoms with Crippen LogP contribution in [0.4, 0.5) is 0 Å². The first-order chi connectivity index (χ1) is 8.34. The molecule has 1 saturated heterocycles. The van der Waals surface area contributed by atoms with Crippen molar-refractivity contribution in [2.45, 2.75) is 19.3 Å². The van der Waals surface area contributed by atoms with E-state index in [2.05, 4.69) is 16.4 Å². The van der Waals surface area contributed by atoms with E-state index in [1.165, 1.54) is 36.9 Å². The lowest BCUT2D eigenvalue weighted by molar-refractivity contribution is 0.285. The maximum atomic E-state index is 6.03. The molecule has 2 nitrogen and oxygen atoms in total. The molecule has 0 bridgehead atoms. The Labute approximate surface area is 107 Å². The molecule has 0 saturated carbocycles. The highest BCUT2D eigenvalue weighted by Gasteiger charge is 2.30. The Balaban J connectivity index is 1.93. The van der Waals surface area contributed by atoms with E-state index in [4.69, 9.17) is 11.6 Å². The van der Waals surface area contributed by atoms with Gasteiger partial charge >= 0.3 is 0 Å². The van der Waals surface area contributed by atoms with Gasteiger partial charge in [0.2, 0.25) is 0 Å². The van der Waals surface area contributed by atoms with Crippen molar-refractivity contribution in [3.05, 3.63) is 35.1 Å². The van der Waals surface area contributed by atoms with Crippen molar-refractivity contribution in [1.82, 2.24) is 10.3 Å². The molecule has 0 spiro atoms. The third kappa shape index (κ3) is 2.24. The van der Waals surface area contributed by atoms with Gasteiger partial charge in [-0.25, -0.2) is 0 Å². The van der Waals surface area contributed by atoms with E-state index in [0.717, 1.165) is 17.5 Å². The second-order valence-corrected chi connectivity index (χ2v) is 5.42. The lowest BCUT2D eigenvalue weighted by atomic mass is 9.73. The van der Waals surface area contributed by atoms with E-state index in [0.29, 0.717) is 5.92 Å². The predicted molar refractivity (Wildman–Crippen MR) is 70.9 cm³/mol. The molecule has 1 aliphatic carbocycles. The zero-order valence-corrected chi connectivity index (χ0v) is 10.6. The molecule has 0 aromatic carbocycles. The van der Waals surface area contributed by atoms with Crippen molar-refractivity contribution in [2.24, 2.45) is 11.8 Å². The highest BCUT2D eigenvalue weighted by atomic mass is 35.5. The number of hydrogen-bond acceptors (Lipinski definition) is 2. The Bertz CT molecular complexity index is 442. The van der Waals surface area contributed by atoms with Gasteiger partial charge in [0.15, 0.2) is 0 Å². The van der Waals surface area contributed by atoms with Crippen molar-refractivity contribution in [3.8, 4) is 0 Å². The van der Waals surface area contributed by atoms with Crippen LogP contribution in [0.2, 0.25) is 5.02 Å². The molecule has 90 valence electrons. The lowest BCUT2D eigenvalue weighted by Gasteiger charge is -2.37.